The number of carbonyl (C=O) groups is 1. The molecular weight excluding hydrogens is 585 g/mol. The molecular formula is C30H30F5N7O2. The number of likely N-dealkylation sites (tertiary alicyclic amines) is 1. The van der Waals surface area contributed by atoms with E-state index in [9.17, 15) is 31.5 Å². The van der Waals surface area contributed by atoms with E-state index in [1.807, 2.05) is 30.3 Å². The van der Waals surface area contributed by atoms with Gasteiger partial charge >= 0.3 is 17.9 Å². The molecule has 2 N–H and O–H groups in total. The standard InChI is InChI=1S/C30H30F5N7O2/c31-23-8-4-7-22(25(23)32)19-9-10-24(27-36-16-21(41(27)17-19)15-30(33,34)35)37-28(43)40-13-11-20(12-14-40)42-29(44)38-26(39-42)18-5-2-1-3-6-18/h1-8,16,19-20,24H,9-15,17H2,(H,37,43)(H,38,39,44). The van der Waals surface area contributed by atoms with Crippen molar-refractivity contribution in [3.63, 3.8) is 0 Å². The van der Waals surface area contributed by atoms with Gasteiger partial charge in [-0.25, -0.2) is 28.0 Å². The van der Waals surface area contributed by atoms with Crippen molar-refractivity contribution in [1.29, 1.82) is 0 Å². The van der Waals surface area contributed by atoms with E-state index in [4.69, 9.17) is 0 Å². The summed E-state index contributed by atoms with van der Waals surface area (Å²) in [5, 5.41) is 7.38. The monoisotopic (exact) mass is 615 g/mol. The van der Waals surface area contributed by atoms with Crippen LogP contribution in [0.1, 0.15) is 60.8 Å². The van der Waals surface area contributed by atoms with Crippen molar-refractivity contribution in [2.24, 2.45) is 0 Å². The minimum absolute atomic E-state index is 0.0394. The Morgan fingerprint density at radius 3 is 2.48 bits per heavy atom. The molecule has 1 saturated heterocycles. The van der Waals surface area contributed by atoms with Gasteiger partial charge in [-0.05, 0) is 37.3 Å². The van der Waals surface area contributed by atoms with Crippen molar-refractivity contribution in [3.8, 4) is 11.4 Å². The van der Waals surface area contributed by atoms with Crippen molar-refractivity contribution in [2.45, 2.75) is 62.8 Å². The van der Waals surface area contributed by atoms with Crippen LogP contribution in [0, 0.1) is 11.6 Å². The SMILES string of the molecule is O=C(NC1CCC(c2cccc(F)c2F)Cn2c(CC(F)(F)F)cnc21)N1CCC(n2nc(-c3ccccc3)[nH]c2=O)CC1. The van der Waals surface area contributed by atoms with Crippen LogP contribution in [0.3, 0.4) is 0 Å². The number of aromatic nitrogens is 5. The molecule has 2 unspecified atom stereocenters. The summed E-state index contributed by atoms with van der Waals surface area (Å²) in [5.41, 5.74) is 0.398. The van der Waals surface area contributed by atoms with Crippen LogP contribution in [0.4, 0.5) is 26.7 Å². The lowest BCUT2D eigenvalue weighted by atomic mass is 9.92. The number of fused-ring (bicyclic) bond motifs is 1. The quantitative estimate of drug-likeness (QED) is 0.291. The predicted octanol–water partition coefficient (Wildman–Crippen LogP) is 5.48. The van der Waals surface area contributed by atoms with Crippen LogP contribution < -0.4 is 11.0 Å². The highest BCUT2D eigenvalue weighted by atomic mass is 19.4. The zero-order chi connectivity index (χ0) is 31.0. The molecule has 0 radical (unpaired) electrons. The number of benzene rings is 2. The number of halogens is 5. The van der Waals surface area contributed by atoms with Crippen molar-refractivity contribution in [2.75, 3.05) is 13.1 Å². The largest absolute Gasteiger partial charge is 0.394 e. The number of rotatable bonds is 5. The fourth-order valence-corrected chi connectivity index (χ4v) is 6.16. The molecule has 6 rings (SSSR count). The van der Waals surface area contributed by atoms with Crippen LogP contribution in [0.25, 0.3) is 11.4 Å². The smallest absolute Gasteiger partial charge is 0.329 e. The van der Waals surface area contributed by atoms with Crippen molar-refractivity contribution >= 4 is 6.03 Å². The summed E-state index contributed by atoms with van der Waals surface area (Å²) in [5.74, 6) is -2.00. The van der Waals surface area contributed by atoms with Gasteiger partial charge in [-0.3, -0.25) is 4.98 Å². The molecule has 14 heteroatoms. The Morgan fingerprint density at radius 2 is 1.75 bits per heavy atom. The van der Waals surface area contributed by atoms with Gasteiger partial charge in [0.1, 0.15) is 5.82 Å². The number of amides is 2. The fourth-order valence-electron chi connectivity index (χ4n) is 6.16. The van der Waals surface area contributed by atoms with Crippen LogP contribution >= 0.6 is 0 Å². The lowest BCUT2D eigenvalue weighted by Crippen LogP contribution is -2.46. The number of piperidine rings is 1. The Kier molecular flexibility index (Phi) is 7.99. The van der Waals surface area contributed by atoms with Gasteiger partial charge in [0.2, 0.25) is 0 Å². The second-order valence-electron chi connectivity index (χ2n) is 11.2. The number of aromatic amines is 1. The van der Waals surface area contributed by atoms with Gasteiger partial charge in [0.05, 0.1) is 18.5 Å². The number of alkyl halides is 3. The van der Waals surface area contributed by atoms with E-state index in [-0.39, 0.29) is 48.2 Å². The molecule has 2 atom stereocenters. The van der Waals surface area contributed by atoms with E-state index in [1.165, 1.54) is 21.4 Å². The topological polar surface area (TPSA) is 101 Å². The Balaban J connectivity index is 1.17. The van der Waals surface area contributed by atoms with E-state index in [1.54, 1.807) is 4.90 Å². The predicted molar refractivity (Wildman–Crippen MR) is 150 cm³/mol. The molecule has 2 aromatic carbocycles. The van der Waals surface area contributed by atoms with Gasteiger partial charge in [-0.1, -0.05) is 42.5 Å². The molecule has 0 spiro atoms. The number of carbonyl (C=O) groups excluding carboxylic acids is 1. The van der Waals surface area contributed by atoms with Crippen LogP contribution in [-0.4, -0.2) is 54.5 Å². The number of H-pyrrole nitrogens is 1. The molecule has 0 saturated carbocycles. The zero-order valence-electron chi connectivity index (χ0n) is 23.5. The Morgan fingerprint density at radius 1 is 1.00 bits per heavy atom. The van der Waals surface area contributed by atoms with Gasteiger partial charge in [0, 0.05) is 43.0 Å². The van der Waals surface area contributed by atoms with Crippen molar-refractivity contribution < 1.29 is 26.7 Å². The maximum absolute atomic E-state index is 14.7. The first-order valence-corrected chi connectivity index (χ1v) is 14.4. The van der Waals surface area contributed by atoms with Crippen LogP contribution in [-0.2, 0) is 13.0 Å². The van der Waals surface area contributed by atoms with E-state index < -0.39 is 42.2 Å². The highest BCUT2D eigenvalue weighted by Gasteiger charge is 2.36. The third-order valence-electron chi connectivity index (χ3n) is 8.37. The maximum Gasteiger partial charge on any atom is 0.394 e. The number of imidazole rings is 1. The van der Waals surface area contributed by atoms with Crippen LogP contribution in [0.2, 0.25) is 0 Å². The third-order valence-corrected chi connectivity index (χ3v) is 8.37. The molecule has 9 nitrogen and oxygen atoms in total. The molecule has 2 aliphatic rings. The Hall–Kier alpha value is -4.49. The van der Waals surface area contributed by atoms with E-state index in [0.29, 0.717) is 31.8 Å². The first kappa shape index (κ1) is 29.6. The normalized spacial score (nSPS) is 19.4. The third kappa shape index (κ3) is 6.10. The average Bonchev–Trinajstić information content (AvgIpc) is 3.52. The van der Waals surface area contributed by atoms with Gasteiger partial charge in [0.25, 0.3) is 0 Å². The van der Waals surface area contributed by atoms with Crippen molar-refractivity contribution in [1.82, 2.24) is 34.5 Å². The highest BCUT2D eigenvalue weighted by molar-refractivity contribution is 5.74. The molecule has 4 heterocycles. The summed E-state index contributed by atoms with van der Waals surface area (Å²) in [6.07, 6.45) is -3.13. The Labute approximate surface area is 248 Å². The molecule has 1 fully saturated rings. The number of urea groups is 1. The first-order chi connectivity index (χ1) is 21.1. The van der Waals surface area contributed by atoms with Gasteiger partial charge in [-0.15, -0.1) is 5.10 Å². The molecule has 2 amide bonds. The molecule has 44 heavy (non-hydrogen) atoms. The second-order valence-corrected chi connectivity index (χ2v) is 11.2. The summed E-state index contributed by atoms with van der Waals surface area (Å²) in [7, 11) is 0. The summed E-state index contributed by atoms with van der Waals surface area (Å²) in [6, 6.07) is 11.7. The summed E-state index contributed by atoms with van der Waals surface area (Å²) < 4.78 is 71.7. The van der Waals surface area contributed by atoms with E-state index >= 15 is 0 Å². The molecule has 0 bridgehead atoms. The van der Waals surface area contributed by atoms with Crippen molar-refractivity contribution in [3.05, 3.63) is 93.9 Å². The van der Waals surface area contributed by atoms with Crippen LogP contribution in [0.5, 0.6) is 0 Å². The first-order valence-electron chi connectivity index (χ1n) is 14.4. The highest BCUT2D eigenvalue weighted by Crippen LogP contribution is 2.36. The number of hydrogen-bond donors (Lipinski definition) is 2. The lowest BCUT2D eigenvalue weighted by molar-refractivity contribution is -0.128. The summed E-state index contributed by atoms with van der Waals surface area (Å²) >= 11 is 0. The molecule has 2 aliphatic heterocycles. The average molecular weight is 616 g/mol. The minimum Gasteiger partial charge on any atom is -0.329 e. The summed E-state index contributed by atoms with van der Waals surface area (Å²) in [6.45, 7) is 0.616. The van der Waals surface area contributed by atoms with E-state index in [0.717, 1.165) is 17.8 Å². The lowest BCUT2D eigenvalue weighted by Gasteiger charge is -2.32. The van der Waals surface area contributed by atoms with E-state index in [2.05, 4.69) is 20.4 Å². The molecule has 0 aliphatic carbocycles. The fraction of sp³-hybridized carbons (Fsp3) is 0.400. The minimum atomic E-state index is -4.51. The van der Waals surface area contributed by atoms with Crippen LogP contribution in [0.15, 0.2) is 59.5 Å². The summed E-state index contributed by atoms with van der Waals surface area (Å²) in [4.78, 5) is 34.6. The molecule has 4 aromatic rings. The Bertz CT molecular complexity index is 1690. The van der Waals surface area contributed by atoms with Gasteiger partial charge in [0.15, 0.2) is 17.5 Å². The van der Waals surface area contributed by atoms with Gasteiger partial charge in [-0.2, -0.15) is 13.2 Å². The second kappa shape index (κ2) is 11.9. The zero-order valence-corrected chi connectivity index (χ0v) is 23.5. The number of nitrogens with zero attached hydrogens (tertiary/aromatic N) is 5. The van der Waals surface area contributed by atoms with Gasteiger partial charge < -0.3 is 14.8 Å². The molecule has 2 aromatic heterocycles. The maximum atomic E-state index is 14.7. The number of hydrogen-bond acceptors (Lipinski definition) is 4. The number of nitrogens with one attached hydrogen (secondary N) is 2. The molecule has 232 valence electrons.